The first-order chi connectivity index (χ1) is 9.74. The fraction of sp³-hybridized carbons (Fsp3) is 0.700. The maximum Gasteiger partial charge on any atom is 0.00968 e. The van der Waals surface area contributed by atoms with Crippen molar-refractivity contribution in [1.29, 1.82) is 0 Å². The van der Waals surface area contributed by atoms with Gasteiger partial charge >= 0.3 is 0 Å². The molecule has 1 N–H and O–H groups in total. The highest BCUT2D eigenvalue weighted by Gasteiger charge is 2.31. The van der Waals surface area contributed by atoms with Gasteiger partial charge in [0.25, 0.3) is 0 Å². The lowest BCUT2D eigenvalue weighted by molar-refractivity contribution is 0.292. The van der Waals surface area contributed by atoms with Crippen molar-refractivity contribution >= 4 is 0 Å². The van der Waals surface area contributed by atoms with Gasteiger partial charge in [-0.05, 0) is 64.2 Å². The molecule has 120 valence electrons. The molecule has 1 rings (SSSR count). The summed E-state index contributed by atoms with van der Waals surface area (Å²) >= 11 is 0. The molecule has 0 heterocycles. The zero-order valence-electron chi connectivity index (χ0n) is 15.3. The summed E-state index contributed by atoms with van der Waals surface area (Å²) in [6.45, 7) is 16.9. The van der Waals surface area contributed by atoms with Crippen LogP contribution in [0.25, 0.3) is 0 Å². The van der Waals surface area contributed by atoms with E-state index in [-0.39, 0.29) is 11.0 Å². The quantitative estimate of drug-likeness (QED) is 0.696. The van der Waals surface area contributed by atoms with Crippen LogP contribution in [0.5, 0.6) is 0 Å². The molecular weight excluding hydrogens is 254 g/mol. The maximum absolute atomic E-state index is 3.76. The van der Waals surface area contributed by atoms with Gasteiger partial charge in [-0.15, -0.1) is 0 Å². The molecule has 0 radical (unpaired) electrons. The SMILES string of the molecule is CCCC(CCC)(CNC(C)(C)C)c1ccc(C)c(C)c1. The van der Waals surface area contributed by atoms with Crippen LogP contribution in [0.2, 0.25) is 0 Å². The second-order valence-electron chi connectivity index (χ2n) is 7.68. The van der Waals surface area contributed by atoms with E-state index in [1.807, 2.05) is 0 Å². The van der Waals surface area contributed by atoms with E-state index >= 15 is 0 Å². The van der Waals surface area contributed by atoms with Crippen molar-refractivity contribution in [2.45, 2.75) is 85.1 Å². The minimum absolute atomic E-state index is 0.173. The summed E-state index contributed by atoms with van der Waals surface area (Å²) in [7, 11) is 0. The number of aryl methyl sites for hydroxylation is 2. The minimum Gasteiger partial charge on any atom is -0.311 e. The van der Waals surface area contributed by atoms with Crippen LogP contribution < -0.4 is 5.32 Å². The third kappa shape index (κ3) is 5.14. The molecule has 21 heavy (non-hydrogen) atoms. The van der Waals surface area contributed by atoms with Crippen molar-refractivity contribution in [2.75, 3.05) is 6.54 Å². The Morgan fingerprint density at radius 1 is 0.905 bits per heavy atom. The van der Waals surface area contributed by atoms with Crippen LogP contribution in [0.3, 0.4) is 0 Å². The third-order valence-electron chi connectivity index (χ3n) is 4.53. The van der Waals surface area contributed by atoms with Crippen molar-refractivity contribution < 1.29 is 0 Å². The van der Waals surface area contributed by atoms with Gasteiger partial charge < -0.3 is 5.32 Å². The van der Waals surface area contributed by atoms with Crippen molar-refractivity contribution in [3.05, 3.63) is 34.9 Å². The second-order valence-corrected chi connectivity index (χ2v) is 7.68. The first-order valence-electron chi connectivity index (χ1n) is 8.57. The lowest BCUT2D eigenvalue weighted by Gasteiger charge is -2.38. The van der Waals surface area contributed by atoms with Gasteiger partial charge in [0.05, 0.1) is 0 Å². The van der Waals surface area contributed by atoms with Gasteiger partial charge in [-0.1, -0.05) is 44.9 Å². The average Bonchev–Trinajstić information content (AvgIpc) is 2.39. The molecule has 0 bridgehead atoms. The molecule has 0 aliphatic rings. The third-order valence-corrected chi connectivity index (χ3v) is 4.53. The van der Waals surface area contributed by atoms with Crippen LogP contribution in [0, 0.1) is 13.8 Å². The van der Waals surface area contributed by atoms with Crippen LogP contribution in [0.1, 0.15) is 77.0 Å². The predicted octanol–water partition coefficient (Wildman–Crippen LogP) is 5.53. The van der Waals surface area contributed by atoms with E-state index in [2.05, 4.69) is 72.0 Å². The van der Waals surface area contributed by atoms with Gasteiger partial charge in [0.1, 0.15) is 0 Å². The summed E-state index contributed by atoms with van der Waals surface area (Å²) in [4.78, 5) is 0. The number of nitrogens with one attached hydrogen (secondary N) is 1. The Bertz CT molecular complexity index is 434. The Balaban J connectivity index is 3.16. The van der Waals surface area contributed by atoms with E-state index in [9.17, 15) is 0 Å². The fourth-order valence-electron chi connectivity index (χ4n) is 3.16. The molecule has 0 atom stereocenters. The monoisotopic (exact) mass is 289 g/mol. The van der Waals surface area contributed by atoms with E-state index in [0.29, 0.717) is 0 Å². The van der Waals surface area contributed by atoms with Gasteiger partial charge in [0.15, 0.2) is 0 Å². The highest BCUT2D eigenvalue weighted by Crippen LogP contribution is 2.35. The maximum atomic E-state index is 3.76. The lowest BCUT2D eigenvalue weighted by Crippen LogP contribution is -2.46. The lowest BCUT2D eigenvalue weighted by atomic mass is 9.72. The predicted molar refractivity (Wildman–Crippen MR) is 95.2 cm³/mol. The molecule has 0 saturated heterocycles. The van der Waals surface area contributed by atoms with E-state index in [4.69, 9.17) is 0 Å². The summed E-state index contributed by atoms with van der Waals surface area (Å²) in [6.07, 6.45) is 4.98. The van der Waals surface area contributed by atoms with Crippen LogP contribution in [-0.2, 0) is 5.41 Å². The fourth-order valence-corrected chi connectivity index (χ4v) is 3.16. The van der Waals surface area contributed by atoms with E-state index in [1.165, 1.54) is 42.4 Å². The van der Waals surface area contributed by atoms with Crippen molar-refractivity contribution in [1.82, 2.24) is 5.32 Å². The molecule has 1 aromatic carbocycles. The summed E-state index contributed by atoms with van der Waals surface area (Å²) in [5, 5.41) is 3.76. The van der Waals surface area contributed by atoms with Gasteiger partial charge in [0.2, 0.25) is 0 Å². The summed E-state index contributed by atoms with van der Waals surface area (Å²) in [5.41, 5.74) is 4.78. The first-order valence-corrected chi connectivity index (χ1v) is 8.57. The van der Waals surface area contributed by atoms with Gasteiger partial charge in [-0.3, -0.25) is 0 Å². The highest BCUT2D eigenvalue weighted by atomic mass is 15.0. The van der Waals surface area contributed by atoms with Crippen molar-refractivity contribution in [3.63, 3.8) is 0 Å². The molecule has 0 aromatic heterocycles. The van der Waals surface area contributed by atoms with Crippen molar-refractivity contribution in [2.24, 2.45) is 0 Å². The highest BCUT2D eigenvalue weighted by molar-refractivity contribution is 5.35. The Hall–Kier alpha value is -0.820. The molecule has 0 spiro atoms. The van der Waals surface area contributed by atoms with Gasteiger partial charge in [0, 0.05) is 17.5 Å². The smallest absolute Gasteiger partial charge is 0.00968 e. The van der Waals surface area contributed by atoms with E-state index in [0.717, 1.165) is 6.54 Å². The molecular formula is C20H35N. The second kappa shape index (κ2) is 7.45. The Morgan fingerprint density at radius 2 is 1.48 bits per heavy atom. The number of rotatable bonds is 7. The van der Waals surface area contributed by atoms with Crippen LogP contribution >= 0.6 is 0 Å². The number of hydrogen-bond acceptors (Lipinski definition) is 1. The van der Waals surface area contributed by atoms with Crippen molar-refractivity contribution in [3.8, 4) is 0 Å². The molecule has 0 saturated carbocycles. The van der Waals surface area contributed by atoms with E-state index in [1.54, 1.807) is 0 Å². The molecule has 0 fully saturated rings. The van der Waals surface area contributed by atoms with E-state index < -0.39 is 0 Å². The summed E-state index contributed by atoms with van der Waals surface area (Å²) in [5.74, 6) is 0. The Kier molecular flexibility index (Phi) is 6.46. The number of benzene rings is 1. The standard InChI is InChI=1S/C20H35N/c1-8-12-20(13-9-2,15-21-19(5,6)7)18-11-10-16(3)17(4)14-18/h10-11,14,21H,8-9,12-13,15H2,1-7H3. The normalized spacial score (nSPS) is 12.7. The molecule has 1 aromatic rings. The molecule has 0 unspecified atom stereocenters. The minimum atomic E-state index is 0.173. The first kappa shape index (κ1) is 18.2. The van der Waals surface area contributed by atoms with Gasteiger partial charge in [-0.25, -0.2) is 0 Å². The zero-order chi connectivity index (χ0) is 16.1. The molecule has 0 aliphatic heterocycles. The zero-order valence-corrected chi connectivity index (χ0v) is 15.3. The Morgan fingerprint density at radius 3 is 1.90 bits per heavy atom. The van der Waals surface area contributed by atoms with Crippen LogP contribution in [0.4, 0.5) is 0 Å². The summed E-state index contributed by atoms with van der Waals surface area (Å²) < 4.78 is 0. The average molecular weight is 290 g/mol. The molecule has 0 amide bonds. The molecule has 1 nitrogen and oxygen atoms in total. The largest absolute Gasteiger partial charge is 0.311 e. The number of hydrogen-bond donors (Lipinski definition) is 1. The molecule has 0 aliphatic carbocycles. The van der Waals surface area contributed by atoms with Gasteiger partial charge in [-0.2, -0.15) is 0 Å². The topological polar surface area (TPSA) is 12.0 Å². The van der Waals surface area contributed by atoms with Crippen LogP contribution in [0.15, 0.2) is 18.2 Å². The molecule has 1 heteroatoms. The van der Waals surface area contributed by atoms with Crippen LogP contribution in [-0.4, -0.2) is 12.1 Å². The Labute approximate surface area is 132 Å². The summed E-state index contributed by atoms with van der Waals surface area (Å²) in [6, 6.07) is 7.07.